The van der Waals surface area contributed by atoms with Crippen LogP contribution >= 0.6 is 20.7 Å². The number of hydrogen-bond donors (Lipinski definition) is 6. The number of amides is 1. The lowest BCUT2D eigenvalue weighted by molar-refractivity contribution is -0.189. The van der Waals surface area contributed by atoms with Crippen molar-refractivity contribution < 1.29 is 44.2 Å². The number of aliphatic hydroxyl groups excluding tert-OH is 4. The van der Waals surface area contributed by atoms with E-state index in [2.05, 4.69) is 10.3 Å². The van der Waals surface area contributed by atoms with Gasteiger partial charge in [-0.05, 0) is 38.7 Å². The van der Waals surface area contributed by atoms with Gasteiger partial charge in [0.05, 0.1) is 48.2 Å². The third-order valence-electron chi connectivity index (χ3n) is 8.78. The van der Waals surface area contributed by atoms with Crippen molar-refractivity contribution in [1.29, 1.82) is 0 Å². The van der Waals surface area contributed by atoms with Crippen molar-refractivity contribution in [3.63, 3.8) is 0 Å². The van der Waals surface area contributed by atoms with Crippen LogP contribution in [0.15, 0.2) is 21.8 Å². The highest BCUT2D eigenvalue weighted by Gasteiger charge is 2.49. The Bertz CT molecular complexity index is 1310. The second-order valence-electron chi connectivity index (χ2n) is 12.3. The van der Waals surface area contributed by atoms with Crippen LogP contribution in [0.1, 0.15) is 72.1 Å². The number of nitrogens with one attached hydrogen (secondary N) is 2. The number of epoxide rings is 1. The van der Waals surface area contributed by atoms with Gasteiger partial charge in [0, 0.05) is 29.7 Å². The van der Waals surface area contributed by atoms with Crippen LogP contribution in [0.25, 0.3) is 10.6 Å². The third kappa shape index (κ3) is 9.67. The molecule has 9 atom stereocenters. The molecule has 0 aliphatic carbocycles. The number of carbonyl (C=O) groups is 2. The Morgan fingerprint density at radius 1 is 1.11 bits per heavy atom. The van der Waals surface area contributed by atoms with E-state index in [1.54, 1.807) is 13.8 Å². The van der Waals surface area contributed by atoms with Crippen molar-refractivity contribution in [3.8, 4) is 10.6 Å². The first-order valence-electron chi connectivity index (χ1n) is 15.7. The zero-order chi connectivity index (χ0) is 32.7. The Labute approximate surface area is 270 Å². The molecule has 4 rings (SSSR count). The minimum absolute atomic E-state index is 0.0366. The maximum absolute atomic E-state index is 12.3. The number of fused-ring (bicyclic) bond motifs is 1. The SMILES string of the molecule is C/C(=C\C(=O)OCCCCCCCCC(=O)Nc1c2sscc-2[nH]c1=O)[C@@H](O)[C@@H]1OC[C@H](C[C@@H]2O[C@H]2[C@@H](C)[C@H](C)O)[C@@H](O)[C@H]1O. The molecule has 4 aliphatic rings. The van der Waals surface area contributed by atoms with Gasteiger partial charge < -0.3 is 44.9 Å². The number of carbonyl (C=O) groups excluding carboxylic acids is 2. The molecular formula is C31H46N2O10S2. The van der Waals surface area contributed by atoms with Gasteiger partial charge in [0.2, 0.25) is 5.91 Å². The summed E-state index contributed by atoms with van der Waals surface area (Å²) in [4.78, 5) is 40.0. The number of anilines is 1. The Morgan fingerprint density at radius 3 is 2.56 bits per heavy atom. The molecule has 4 aliphatic heterocycles. The molecule has 45 heavy (non-hydrogen) atoms. The molecule has 0 bridgehead atoms. The number of unbranched alkanes of at least 4 members (excludes halogenated alkanes) is 5. The van der Waals surface area contributed by atoms with Gasteiger partial charge in [0.15, 0.2) is 0 Å². The molecule has 0 unspecified atom stereocenters. The summed E-state index contributed by atoms with van der Waals surface area (Å²) in [5.41, 5.74) is 1.07. The van der Waals surface area contributed by atoms with Crippen LogP contribution in [-0.2, 0) is 23.8 Å². The first kappa shape index (κ1) is 35.7. The van der Waals surface area contributed by atoms with Gasteiger partial charge in [-0.25, -0.2) is 4.79 Å². The summed E-state index contributed by atoms with van der Waals surface area (Å²) in [5, 5.41) is 46.4. The maximum atomic E-state index is 12.3. The van der Waals surface area contributed by atoms with Gasteiger partial charge in [0.1, 0.15) is 24.0 Å². The smallest absolute Gasteiger partial charge is 0.330 e. The Morgan fingerprint density at radius 2 is 1.82 bits per heavy atom. The van der Waals surface area contributed by atoms with Gasteiger partial charge in [0.25, 0.3) is 5.56 Å². The summed E-state index contributed by atoms with van der Waals surface area (Å²) in [7, 11) is 2.96. The number of aliphatic hydroxyl groups is 4. The number of aromatic nitrogens is 1. The lowest BCUT2D eigenvalue weighted by atomic mass is 9.84. The molecule has 0 aromatic carbocycles. The molecule has 12 nitrogen and oxygen atoms in total. The average molecular weight is 671 g/mol. The van der Waals surface area contributed by atoms with Crippen LogP contribution in [0.4, 0.5) is 5.69 Å². The summed E-state index contributed by atoms with van der Waals surface area (Å²) in [6.45, 7) is 5.50. The lowest BCUT2D eigenvalue weighted by Gasteiger charge is -2.39. The van der Waals surface area contributed by atoms with Crippen LogP contribution in [0.3, 0.4) is 0 Å². The summed E-state index contributed by atoms with van der Waals surface area (Å²) in [5.74, 6) is -1.19. The number of rotatable bonds is 17. The number of H-pyrrole nitrogens is 1. The van der Waals surface area contributed by atoms with Crippen molar-refractivity contribution >= 4 is 38.2 Å². The fourth-order valence-electron chi connectivity index (χ4n) is 5.70. The van der Waals surface area contributed by atoms with Crippen LogP contribution < -0.4 is 10.9 Å². The standard InChI is InChI=1S/C31H46N2O10S2/c1-16(25(37)29-27(39)26(38)19(14-42-29)13-21-28(43-21)17(2)18(3)34)12-23(36)41-11-9-7-5-4-6-8-10-22(35)33-24-30-20(15-44-45-30)32-31(24)40/h12,15,17-19,21,25-29,34,37-39H,4-11,13-14H2,1-3H3,(H,32,40)(H,33,35)/b16-12+/t17-,18-,19-,21-,25+,26+,27+,28-,29-/m0/s1. The van der Waals surface area contributed by atoms with Gasteiger partial charge in [-0.15, -0.1) is 0 Å². The predicted molar refractivity (Wildman–Crippen MR) is 170 cm³/mol. The van der Waals surface area contributed by atoms with E-state index in [0.717, 1.165) is 42.7 Å². The summed E-state index contributed by atoms with van der Waals surface area (Å²) in [6.07, 6.45) is 1.41. The van der Waals surface area contributed by atoms with Crippen molar-refractivity contribution in [2.45, 2.75) is 115 Å². The molecule has 4 heterocycles. The molecule has 0 spiro atoms. The van der Waals surface area contributed by atoms with E-state index in [-0.39, 0.29) is 54.3 Å². The highest BCUT2D eigenvalue weighted by atomic mass is 32.9. The van der Waals surface area contributed by atoms with Gasteiger partial charge >= 0.3 is 5.97 Å². The topological polar surface area (TPSA) is 191 Å². The van der Waals surface area contributed by atoms with E-state index >= 15 is 0 Å². The van der Waals surface area contributed by atoms with E-state index in [0.29, 0.717) is 24.9 Å². The van der Waals surface area contributed by atoms with Crippen LogP contribution in [-0.4, -0.2) is 93.2 Å². The summed E-state index contributed by atoms with van der Waals surface area (Å²) >= 11 is 0. The molecule has 0 radical (unpaired) electrons. The highest BCUT2D eigenvalue weighted by molar-refractivity contribution is 7.70. The maximum Gasteiger partial charge on any atom is 0.330 e. The molecule has 252 valence electrons. The van der Waals surface area contributed by atoms with Crippen molar-refractivity contribution in [2.24, 2.45) is 11.8 Å². The fourth-order valence-corrected chi connectivity index (χ4v) is 7.86. The number of ether oxygens (including phenoxy) is 3. The van der Waals surface area contributed by atoms with E-state index in [9.17, 15) is 34.8 Å². The summed E-state index contributed by atoms with van der Waals surface area (Å²) in [6, 6.07) is 0. The number of aromatic amines is 1. The minimum Gasteiger partial charge on any atom is -0.463 e. The van der Waals surface area contributed by atoms with Crippen LogP contribution in [0.2, 0.25) is 0 Å². The van der Waals surface area contributed by atoms with Crippen LogP contribution in [0, 0.1) is 11.8 Å². The first-order valence-corrected chi connectivity index (χ1v) is 17.9. The first-order chi connectivity index (χ1) is 21.5. The molecule has 0 aromatic heterocycles. The summed E-state index contributed by atoms with van der Waals surface area (Å²) < 4.78 is 16.6. The lowest BCUT2D eigenvalue weighted by Crippen LogP contribution is -2.55. The average Bonchev–Trinajstić information content (AvgIpc) is 3.51. The monoisotopic (exact) mass is 670 g/mol. The highest BCUT2D eigenvalue weighted by Crippen LogP contribution is 2.39. The Hall–Kier alpha value is -2.17. The third-order valence-corrected chi connectivity index (χ3v) is 10.9. The minimum atomic E-state index is -1.35. The molecule has 14 heteroatoms. The van der Waals surface area contributed by atoms with Crippen molar-refractivity contribution in [2.75, 3.05) is 18.5 Å². The second kappa shape index (κ2) is 16.6. The van der Waals surface area contributed by atoms with Crippen molar-refractivity contribution in [1.82, 2.24) is 4.98 Å². The zero-order valence-electron chi connectivity index (χ0n) is 26.0. The van der Waals surface area contributed by atoms with Crippen molar-refractivity contribution in [3.05, 3.63) is 27.4 Å². The molecule has 0 saturated carbocycles. The molecular weight excluding hydrogens is 624 g/mol. The normalized spacial score (nSPS) is 27.2. The second-order valence-corrected chi connectivity index (χ2v) is 14.4. The molecule has 2 fully saturated rings. The van der Waals surface area contributed by atoms with E-state index < -0.39 is 36.5 Å². The van der Waals surface area contributed by atoms with E-state index in [1.807, 2.05) is 12.3 Å². The van der Waals surface area contributed by atoms with Gasteiger partial charge in [-0.3, -0.25) is 9.59 Å². The Balaban J connectivity index is 1.05. The molecule has 0 aromatic rings. The van der Waals surface area contributed by atoms with Gasteiger partial charge in [-0.1, -0.05) is 53.3 Å². The fraction of sp³-hybridized carbons (Fsp3) is 0.710. The predicted octanol–water partition coefficient (Wildman–Crippen LogP) is 3.03. The quantitative estimate of drug-likeness (QED) is 0.0480. The zero-order valence-corrected chi connectivity index (χ0v) is 27.6. The van der Waals surface area contributed by atoms with Gasteiger partial charge in [-0.2, -0.15) is 0 Å². The Kier molecular flexibility index (Phi) is 13.2. The van der Waals surface area contributed by atoms with E-state index in [1.165, 1.54) is 26.8 Å². The number of esters is 1. The van der Waals surface area contributed by atoms with Crippen LogP contribution in [0.5, 0.6) is 0 Å². The molecule has 6 N–H and O–H groups in total. The van der Waals surface area contributed by atoms with E-state index in [4.69, 9.17) is 14.2 Å². The molecule has 2 saturated heterocycles. The number of hydrogen-bond acceptors (Lipinski definition) is 12. The molecule has 1 amide bonds. The largest absolute Gasteiger partial charge is 0.463 e.